The van der Waals surface area contributed by atoms with Crippen LogP contribution in [0.1, 0.15) is 25.8 Å². The summed E-state index contributed by atoms with van der Waals surface area (Å²) in [4.78, 5) is 40.6. The van der Waals surface area contributed by atoms with Crippen LogP contribution in [0.5, 0.6) is 17.2 Å². The maximum absolute atomic E-state index is 13.2. The van der Waals surface area contributed by atoms with Gasteiger partial charge < -0.3 is 34.3 Å². The van der Waals surface area contributed by atoms with Crippen molar-refractivity contribution in [1.82, 2.24) is 15.1 Å². The van der Waals surface area contributed by atoms with E-state index >= 15 is 0 Å². The van der Waals surface area contributed by atoms with Crippen molar-refractivity contribution < 1.29 is 38.4 Å². The number of hydrogen-bond donors (Lipinski definition) is 2. The van der Waals surface area contributed by atoms with Gasteiger partial charge in [-0.15, -0.1) is 0 Å². The van der Waals surface area contributed by atoms with Crippen molar-refractivity contribution in [1.29, 1.82) is 0 Å². The van der Waals surface area contributed by atoms with Gasteiger partial charge in [0.15, 0.2) is 23.7 Å². The molecule has 194 valence electrons. The van der Waals surface area contributed by atoms with E-state index < -0.39 is 30.1 Å². The average molecular weight is 494 g/mol. The van der Waals surface area contributed by atoms with E-state index in [9.17, 15) is 14.4 Å². The number of carboxylic acids is 1. The number of aliphatic carboxylic acids is 1. The highest BCUT2D eigenvalue weighted by Crippen LogP contribution is 2.38. The van der Waals surface area contributed by atoms with Gasteiger partial charge in [0, 0.05) is 32.7 Å². The van der Waals surface area contributed by atoms with E-state index in [1.165, 1.54) is 0 Å². The number of nitrogens with zero attached hydrogens (tertiary/aromatic N) is 2. The predicted molar refractivity (Wildman–Crippen MR) is 126 cm³/mol. The lowest BCUT2D eigenvalue weighted by atomic mass is 10.0. The largest absolute Gasteiger partial charge is 0.493 e. The Kier molecular flexibility index (Phi) is 8.79. The van der Waals surface area contributed by atoms with Gasteiger partial charge in [-0.05, 0) is 30.0 Å². The third kappa shape index (κ3) is 6.55. The molecule has 2 heterocycles. The Labute approximate surface area is 205 Å². The van der Waals surface area contributed by atoms with E-state index in [1.807, 2.05) is 26.0 Å². The molecule has 35 heavy (non-hydrogen) atoms. The van der Waals surface area contributed by atoms with Crippen LogP contribution in [0, 0.1) is 5.92 Å². The molecule has 11 heteroatoms. The molecule has 0 unspecified atom stereocenters. The van der Waals surface area contributed by atoms with Gasteiger partial charge in [-0.2, -0.15) is 0 Å². The molecule has 2 aliphatic rings. The Hall–Kier alpha value is -3.05. The van der Waals surface area contributed by atoms with Gasteiger partial charge in [-0.3, -0.25) is 14.5 Å². The van der Waals surface area contributed by atoms with Crippen LogP contribution in [0.15, 0.2) is 12.1 Å². The first kappa shape index (κ1) is 26.6. The number of ether oxygens (including phenoxy) is 4. The molecular formula is C24H35N3O8. The number of methoxy groups -OCH3 is 3. The van der Waals surface area contributed by atoms with Crippen molar-refractivity contribution in [2.75, 3.05) is 47.5 Å². The average Bonchev–Trinajstić information content (AvgIpc) is 3.64. The molecule has 0 aliphatic carbocycles. The molecule has 0 aromatic heterocycles. The standard InChI is InChI=1S/C24H35N3O8/c1-14(2)10-16(25-22(28)20-21(35-20)24(30)31)23(29)27-8-6-26(7-9-27)13-15-11-17(32-3)19(34-5)18(12-15)33-4/h11-12,14,16,20-21H,6-10,13H2,1-5H3,(H,25,28)(H,30,31)/t16-,20-,21-/m0/s1. The van der Waals surface area contributed by atoms with Gasteiger partial charge in [0.2, 0.25) is 11.7 Å². The van der Waals surface area contributed by atoms with Crippen molar-refractivity contribution in [3.8, 4) is 17.2 Å². The van der Waals surface area contributed by atoms with Crippen molar-refractivity contribution in [2.24, 2.45) is 5.92 Å². The minimum Gasteiger partial charge on any atom is -0.493 e. The van der Waals surface area contributed by atoms with E-state index in [0.717, 1.165) is 5.56 Å². The van der Waals surface area contributed by atoms with E-state index in [4.69, 9.17) is 24.1 Å². The summed E-state index contributed by atoms with van der Waals surface area (Å²) in [5.74, 6) is -0.00961. The minimum atomic E-state index is -1.18. The Bertz CT molecular complexity index is 904. The van der Waals surface area contributed by atoms with Gasteiger partial charge in [0.05, 0.1) is 21.3 Å². The Morgan fingerprint density at radius 2 is 1.63 bits per heavy atom. The Morgan fingerprint density at radius 3 is 2.09 bits per heavy atom. The fraction of sp³-hybridized carbons (Fsp3) is 0.625. The molecule has 0 saturated carbocycles. The van der Waals surface area contributed by atoms with Crippen LogP contribution in [-0.4, -0.2) is 98.4 Å². The van der Waals surface area contributed by atoms with E-state index in [-0.39, 0.29) is 11.8 Å². The number of rotatable bonds is 11. The number of nitrogens with one attached hydrogen (secondary N) is 1. The van der Waals surface area contributed by atoms with E-state index in [0.29, 0.717) is 56.4 Å². The first-order chi connectivity index (χ1) is 16.7. The second-order valence-corrected chi connectivity index (χ2v) is 9.14. The van der Waals surface area contributed by atoms with Crippen LogP contribution in [0.25, 0.3) is 0 Å². The molecule has 2 amide bonds. The SMILES string of the molecule is COc1cc(CN2CCN(C(=O)[C@H](CC(C)C)NC(=O)[C@H]3O[C@@H]3C(=O)O)CC2)cc(OC)c1OC. The molecule has 2 fully saturated rings. The molecule has 11 nitrogen and oxygen atoms in total. The van der Waals surface area contributed by atoms with Crippen LogP contribution in [-0.2, 0) is 25.7 Å². The van der Waals surface area contributed by atoms with Gasteiger partial charge in [0.1, 0.15) is 6.04 Å². The summed E-state index contributed by atoms with van der Waals surface area (Å²) < 4.78 is 21.2. The fourth-order valence-corrected chi connectivity index (χ4v) is 4.28. The quantitative estimate of drug-likeness (QED) is 0.429. The van der Waals surface area contributed by atoms with E-state index in [1.54, 1.807) is 26.2 Å². The highest BCUT2D eigenvalue weighted by atomic mass is 16.6. The molecule has 3 rings (SSSR count). The summed E-state index contributed by atoms with van der Waals surface area (Å²) in [6, 6.07) is 3.11. The Balaban J connectivity index is 1.58. The monoisotopic (exact) mass is 493 g/mol. The zero-order valence-electron chi connectivity index (χ0n) is 20.9. The van der Waals surface area contributed by atoms with Gasteiger partial charge >= 0.3 is 5.97 Å². The zero-order chi connectivity index (χ0) is 25.7. The van der Waals surface area contributed by atoms with Gasteiger partial charge in [0.25, 0.3) is 5.91 Å². The van der Waals surface area contributed by atoms with Gasteiger partial charge in [-0.1, -0.05) is 13.8 Å². The normalized spacial score (nSPS) is 20.8. The Morgan fingerprint density at radius 1 is 1.03 bits per heavy atom. The summed E-state index contributed by atoms with van der Waals surface area (Å²) >= 11 is 0. The minimum absolute atomic E-state index is 0.160. The summed E-state index contributed by atoms with van der Waals surface area (Å²) in [7, 11) is 4.72. The number of epoxide rings is 1. The van der Waals surface area contributed by atoms with Crippen LogP contribution in [0.3, 0.4) is 0 Å². The lowest BCUT2D eigenvalue weighted by Crippen LogP contribution is -2.55. The van der Waals surface area contributed by atoms with Crippen LogP contribution in [0.4, 0.5) is 0 Å². The molecule has 1 aromatic rings. The molecule has 2 N–H and O–H groups in total. The maximum atomic E-state index is 13.2. The number of amides is 2. The second-order valence-electron chi connectivity index (χ2n) is 9.14. The lowest BCUT2D eigenvalue weighted by molar-refractivity contribution is -0.138. The summed E-state index contributed by atoms with van der Waals surface area (Å²) in [6.45, 7) is 6.96. The van der Waals surface area contributed by atoms with Crippen LogP contribution in [0.2, 0.25) is 0 Å². The number of benzene rings is 1. The number of piperazine rings is 1. The molecule has 1 aromatic carbocycles. The van der Waals surface area contributed by atoms with Crippen LogP contribution < -0.4 is 19.5 Å². The smallest absolute Gasteiger partial charge is 0.336 e. The zero-order valence-corrected chi connectivity index (χ0v) is 20.9. The summed E-state index contributed by atoms with van der Waals surface area (Å²) in [5.41, 5.74) is 1.00. The van der Waals surface area contributed by atoms with Crippen molar-refractivity contribution >= 4 is 17.8 Å². The van der Waals surface area contributed by atoms with E-state index in [2.05, 4.69) is 10.2 Å². The van der Waals surface area contributed by atoms with Crippen molar-refractivity contribution in [2.45, 2.75) is 45.1 Å². The summed E-state index contributed by atoms with van der Waals surface area (Å²) in [6.07, 6.45) is -1.71. The second kappa shape index (κ2) is 11.6. The highest BCUT2D eigenvalue weighted by molar-refractivity contribution is 5.95. The topological polar surface area (TPSA) is 130 Å². The maximum Gasteiger partial charge on any atom is 0.336 e. The van der Waals surface area contributed by atoms with Crippen molar-refractivity contribution in [3.05, 3.63) is 17.7 Å². The number of hydrogen-bond acceptors (Lipinski definition) is 8. The summed E-state index contributed by atoms with van der Waals surface area (Å²) in [5, 5.41) is 11.7. The molecule has 0 radical (unpaired) electrons. The first-order valence-electron chi connectivity index (χ1n) is 11.7. The highest BCUT2D eigenvalue weighted by Gasteiger charge is 2.51. The molecule has 3 atom stereocenters. The molecule has 2 aliphatic heterocycles. The number of carbonyl (C=O) groups excluding carboxylic acids is 2. The van der Waals surface area contributed by atoms with Crippen LogP contribution >= 0.6 is 0 Å². The first-order valence-corrected chi connectivity index (χ1v) is 11.7. The number of carboxylic acid groups (broad SMARTS) is 1. The third-order valence-electron chi connectivity index (χ3n) is 6.13. The van der Waals surface area contributed by atoms with Crippen molar-refractivity contribution in [3.63, 3.8) is 0 Å². The third-order valence-corrected chi connectivity index (χ3v) is 6.13. The number of carbonyl (C=O) groups is 3. The molecular weight excluding hydrogens is 458 g/mol. The fourth-order valence-electron chi connectivity index (χ4n) is 4.28. The predicted octanol–water partition coefficient (Wildman–Crippen LogP) is 0.740. The molecule has 0 spiro atoms. The molecule has 0 bridgehead atoms. The lowest BCUT2D eigenvalue weighted by Gasteiger charge is -2.37. The van der Waals surface area contributed by atoms with Gasteiger partial charge in [-0.25, -0.2) is 4.79 Å². The molecule has 2 saturated heterocycles.